The molecule has 2 heterocycles. The van der Waals surface area contributed by atoms with E-state index in [-0.39, 0.29) is 0 Å². The molecule has 1 aliphatic heterocycles. The summed E-state index contributed by atoms with van der Waals surface area (Å²) in [4.78, 5) is 2.50. The van der Waals surface area contributed by atoms with Crippen molar-refractivity contribution >= 4 is 27.1 Å². The molecule has 1 aromatic heterocycles. The number of thiophene rings is 1. The van der Waals surface area contributed by atoms with Crippen LogP contribution in [0.1, 0.15) is 11.1 Å². The Morgan fingerprint density at radius 1 is 1.05 bits per heavy atom. The van der Waals surface area contributed by atoms with Crippen molar-refractivity contribution in [2.75, 3.05) is 18.0 Å². The first kappa shape index (κ1) is 12.9. The molecule has 0 saturated carbocycles. The van der Waals surface area contributed by atoms with Crippen molar-refractivity contribution in [1.29, 1.82) is 0 Å². The second-order valence-corrected chi connectivity index (χ2v) is 6.40. The Balaban J connectivity index is 1.71. The van der Waals surface area contributed by atoms with Gasteiger partial charge in [-0.1, -0.05) is 36.4 Å². The van der Waals surface area contributed by atoms with E-state index in [4.69, 9.17) is 0 Å². The zero-order chi connectivity index (χ0) is 14.1. The second kappa shape index (κ2) is 5.51. The number of rotatable bonds is 2. The molecule has 106 valence electrons. The highest BCUT2D eigenvalue weighted by molar-refractivity contribution is 7.17. The van der Waals surface area contributed by atoms with Crippen molar-refractivity contribution in [2.24, 2.45) is 0 Å². The minimum atomic E-state index is 0.969. The predicted octanol–water partition coefficient (Wildman–Crippen LogP) is 4.01. The summed E-state index contributed by atoms with van der Waals surface area (Å²) in [7, 11) is 0. The number of nitrogens with one attached hydrogen (secondary N) is 1. The molecule has 0 saturated heterocycles. The van der Waals surface area contributed by atoms with Crippen molar-refractivity contribution in [3.8, 4) is 0 Å². The van der Waals surface area contributed by atoms with Gasteiger partial charge in [0.2, 0.25) is 0 Å². The molecule has 1 N–H and O–H groups in total. The van der Waals surface area contributed by atoms with Crippen LogP contribution in [0.2, 0.25) is 0 Å². The molecule has 1 aliphatic rings. The molecule has 0 unspecified atom stereocenters. The topological polar surface area (TPSA) is 15.3 Å². The summed E-state index contributed by atoms with van der Waals surface area (Å²) < 4.78 is 1.38. The average Bonchev–Trinajstić information content (AvgIpc) is 2.82. The van der Waals surface area contributed by atoms with Gasteiger partial charge in [-0.25, -0.2) is 0 Å². The highest BCUT2D eigenvalue weighted by atomic mass is 32.1. The molecule has 4 rings (SSSR count). The van der Waals surface area contributed by atoms with Crippen molar-refractivity contribution < 1.29 is 0 Å². The predicted molar refractivity (Wildman–Crippen MR) is 91.0 cm³/mol. The Hall–Kier alpha value is -1.84. The van der Waals surface area contributed by atoms with Crippen molar-refractivity contribution in [3.63, 3.8) is 0 Å². The Labute approximate surface area is 129 Å². The van der Waals surface area contributed by atoms with Gasteiger partial charge in [-0.3, -0.25) is 0 Å². The van der Waals surface area contributed by atoms with Gasteiger partial charge >= 0.3 is 0 Å². The summed E-state index contributed by atoms with van der Waals surface area (Å²) in [6, 6.07) is 17.4. The van der Waals surface area contributed by atoms with Gasteiger partial charge in [0.15, 0.2) is 0 Å². The Morgan fingerprint density at radius 2 is 1.90 bits per heavy atom. The van der Waals surface area contributed by atoms with E-state index < -0.39 is 0 Å². The third-order valence-corrected chi connectivity index (χ3v) is 5.14. The summed E-state index contributed by atoms with van der Waals surface area (Å²) in [5.41, 5.74) is 4.21. The maximum absolute atomic E-state index is 3.51. The summed E-state index contributed by atoms with van der Waals surface area (Å²) in [6.07, 6.45) is 0. The van der Waals surface area contributed by atoms with E-state index >= 15 is 0 Å². The van der Waals surface area contributed by atoms with Crippen LogP contribution < -0.4 is 10.2 Å². The standard InChI is InChI=1S/C18H18N2S/c1-3-7-17-14(5-1)11-19-9-10-20(17)12-15-13-21-18-8-4-2-6-16(15)18/h1-8,13,19H,9-12H2. The normalized spacial score (nSPS) is 15.0. The van der Waals surface area contributed by atoms with Crippen LogP contribution in [0, 0.1) is 0 Å². The van der Waals surface area contributed by atoms with Crippen LogP contribution >= 0.6 is 11.3 Å². The molecular weight excluding hydrogens is 276 g/mol. The number of hydrogen-bond donors (Lipinski definition) is 1. The quantitative estimate of drug-likeness (QED) is 0.768. The first-order valence-corrected chi connectivity index (χ1v) is 8.28. The van der Waals surface area contributed by atoms with E-state index in [0.29, 0.717) is 0 Å². The highest BCUT2D eigenvalue weighted by Crippen LogP contribution is 2.29. The number of para-hydroxylation sites is 1. The highest BCUT2D eigenvalue weighted by Gasteiger charge is 2.16. The van der Waals surface area contributed by atoms with E-state index in [1.54, 1.807) is 0 Å². The fourth-order valence-corrected chi connectivity index (χ4v) is 4.01. The van der Waals surface area contributed by atoms with Gasteiger partial charge in [-0.2, -0.15) is 0 Å². The lowest BCUT2D eigenvalue weighted by atomic mass is 10.1. The molecule has 2 nitrogen and oxygen atoms in total. The third-order valence-electron chi connectivity index (χ3n) is 4.13. The number of hydrogen-bond acceptors (Lipinski definition) is 3. The molecule has 0 radical (unpaired) electrons. The minimum absolute atomic E-state index is 0.969. The van der Waals surface area contributed by atoms with Crippen LogP contribution in [0.25, 0.3) is 10.1 Å². The molecule has 21 heavy (non-hydrogen) atoms. The average molecular weight is 294 g/mol. The molecular formula is C18H18N2S. The number of benzene rings is 2. The SMILES string of the molecule is c1ccc2c(c1)CNCCN2Cc1csc2ccccc12. The van der Waals surface area contributed by atoms with Gasteiger partial charge in [0.25, 0.3) is 0 Å². The van der Waals surface area contributed by atoms with E-state index in [2.05, 4.69) is 64.1 Å². The van der Waals surface area contributed by atoms with Crippen LogP contribution in [0.4, 0.5) is 5.69 Å². The molecule has 0 amide bonds. The molecule has 0 fully saturated rings. The van der Waals surface area contributed by atoms with Gasteiger partial charge in [0.05, 0.1) is 0 Å². The Kier molecular flexibility index (Phi) is 3.37. The lowest BCUT2D eigenvalue weighted by molar-refractivity contribution is 0.689. The largest absolute Gasteiger partial charge is 0.366 e. The van der Waals surface area contributed by atoms with Gasteiger partial charge in [-0.15, -0.1) is 11.3 Å². The number of nitrogens with zero attached hydrogens (tertiary/aromatic N) is 1. The van der Waals surface area contributed by atoms with Gasteiger partial charge in [-0.05, 0) is 34.0 Å². The van der Waals surface area contributed by atoms with Crippen LogP contribution in [-0.2, 0) is 13.1 Å². The fraction of sp³-hybridized carbons (Fsp3) is 0.222. The summed E-state index contributed by atoms with van der Waals surface area (Å²) in [5.74, 6) is 0. The van der Waals surface area contributed by atoms with E-state index in [0.717, 1.165) is 26.2 Å². The zero-order valence-electron chi connectivity index (χ0n) is 11.9. The van der Waals surface area contributed by atoms with E-state index in [1.165, 1.54) is 26.9 Å². The maximum atomic E-state index is 3.51. The molecule has 0 atom stereocenters. The summed E-state index contributed by atoms with van der Waals surface area (Å²) >= 11 is 1.85. The van der Waals surface area contributed by atoms with E-state index in [9.17, 15) is 0 Å². The molecule has 0 spiro atoms. The van der Waals surface area contributed by atoms with Crippen molar-refractivity contribution in [2.45, 2.75) is 13.1 Å². The molecule has 2 aromatic carbocycles. The molecule has 3 heteroatoms. The first-order chi connectivity index (χ1) is 10.4. The maximum Gasteiger partial charge on any atom is 0.0444 e. The summed E-state index contributed by atoms with van der Waals surface area (Å²) in [6.45, 7) is 4.05. The van der Waals surface area contributed by atoms with Gasteiger partial charge in [0, 0.05) is 36.6 Å². The smallest absolute Gasteiger partial charge is 0.0444 e. The lowest BCUT2D eigenvalue weighted by Gasteiger charge is -2.24. The number of fused-ring (bicyclic) bond motifs is 2. The summed E-state index contributed by atoms with van der Waals surface area (Å²) in [5, 5.41) is 7.22. The molecule has 0 aliphatic carbocycles. The van der Waals surface area contributed by atoms with Gasteiger partial charge in [0.1, 0.15) is 0 Å². The van der Waals surface area contributed by atoms with Crippen molar-refractivity contribution in [3.05, 3.63) is 65.0 Å². The van der Waals surface area contributed by atoms with Crippen LogP contribution in [0.5, 0.6) is 0 Å². The van der Waals surface area contributed by atoms with E-state index in [1.807, 2.05) is 11.3 Å². The fourth-order valence-electron chi connectivity index (χ4n) is 3.05. The Bertz CT molecular complexity index is 763. The lowest BCUT2D eigenvalue weighted by Crippen LogP contribution is -2.28. The first-order valence-electron chi connectivity index (χ1n) is 7.40. The minimum Gasteiger partial charge on any atom is -0.366 e. The second-order valence-electron chi connectivity index (χ2n) is 5.48. The number of anilines is 1. The van der Waals surface area contributed by atoms with Crippen LogP contribution in [0.3, 0.4) is 0 Å². The van der Waals surface area contributed by atoms with Crippen molar-refractivity contribution in [1.82, 2.24) is 5.32 Å². The Morgan fingerprint density at radius 3 is 2.90 bits per heavy atom. The monoisotopic (exact) mass is 294 g/mol. The van der Waals surface area contributed by atoms with Crippen LogP contribution in [-0.4, -0.2) is 13.1 Å². The van der Waals surface area contributed by atoms with Gasteiger partial charge < -0.3 is 10.2 Å². The molecule has 3 aromatic rings. The van der Waals surface area contributed by atoms with Crippen LogP contribution in [0.15, 0.2) is 53.9 Å². The third kappa shape index (κ3) is 2.43. The molecule has 0 bridgehead atoms. The zero-order valence-corrected chi connectivity index (χ0v) is 12.7.